The molecule has 25 heavy (non-hydrogen) atoms. The minimum Gasteiger partial charge on any atom is -0.463 e. The van der Waals surface area contributed by atoms with E-state index in [9.17, 15) is 18.0 Å². The molecule has 0 aliphatic carbocycles. The summed E-state index contributed by atoms with van der Waals surface area (Å²) in [5.74, 6) is -1.02. The lowest BCUT2D eigenvalue weighted by Crippen LogP contribution is -2.43. The van der Waals surface area contributed by atoms with E-state index in [1.165, 1.54) is 18.2 Å². The third-order valence-electron chi connectivity index (χ3n) is 3.34. The molecule has 2 N–H and O–H groups in total. The minimum atomic E-state index is -4.79. The van der Waals surface area contributed by atoms with Crippen LogP contribution in [-0.2, 0) is 20.8 Å². The number of hydrogen-bond acceptors (Lipinski definition) is 6. The molecule has 140 valence electrons. The highest BCUT2D eigenvalue weighted by molar-refractivity contribution is 5.94. The third-order valence-corrected chi connectivity index (χ3v) is 3.34. The van der Waals surface area contributed by atoms with Gasteiger partial charge in [-0.15, -0.1) is 25.6 Å². The molecule has 1 aliphatic rings. The zero-order valence-electron chi connectivity index (χ0n) is 13.3. The molecular formula is C15H18ClF3N2O4. The van der Waals surface area contributed by atoms with Gasteiger partial charge in [-0.25, -0.2) is 4.79 Å². The van der Waals surface area contributed by atoms with Crippen molar-refractivity contribution < 1.29 is 32.3 Å². The summed E-state index contributed by atoms with van der Waals surface area (Å²) in [6, 6.07) is 5.33. The second-order valence-electron chi connectivity index (χ2n) is 5.22. The highest BCUT2D eigenvalue weighted by Gasteiger charge is 2.48. The summed E-state index contributed by atoms with van der Waals surface area (Å²) in [4.78, 5) is 17.5. The van der Waals surface area contributed by atoms with E-state index in [2.05, 4.69) is 9.89 Å². The molecule has 0 radical (unpaired) electrons. The number of hydrogen-bond donors (Lipinski definition) is 1. The molecule has 2 rings (SSSR count). The first-order valence-corrected chi connectivity index (χ1v) is 7.24. The van der Waals surface area contributed by atoms with Crippen LogP contribution in [0.1, 0.15) is 18.9 Å². The quantitative estimate of drug-likeness (QED) is 0.764. The molecular weight excluding hydrogens is 365 g/mol. The van der Waals surface area contributed by atoms with E-state index in [-0.39, 0.29) is 44.1 Å². The molecule has 0 saturated heterocycles. The molecule has 0 amide bonds. The van der Waals surface area contributed by atoms with Gasteiger partial charge in [0.15, 0.2) is 0 Å². The average molecular weight is 383 g/mol. The Bertz CT molecular complexity index is 639. The largest absolute Gasteiger partial charge is 0.573 e. The Morgan fingerprint density at radius 1 is 1.44 bits per heavy atom. The number of nitrogens with zero attached hydrogens (tertiary/aromatic N) is 1. The molecule has 1 unspecified atom stereocenters. The lowest BCUT2D eigenvalue weighted by atomic mass is 9.89. The maximum Gasteiger partial charge on any atom is 0.573 e. The molecule has 6 nitrogen and oxygen atoms in total. The lowest BCUT2D eigenvalue weighted by Gasteiger charge is -2.24. The summed E-state index contributed by atoms with van der Waals surface area (Å²) in [6.07, 6.45) is -4.70. The second kappa shape index (κ2) is 8.39. The fourth-order valence-electron chi connectivity index (χ4n) is 2.38. The predicted molar refractivity (Wildman–Crippen MR) is 85.6 cm³/mol. The van der Waals surface area contributed by atoms with Crippen LogP contribution in [0.4, 0.5) is 13.2 Å². The van der Waals surface area contributed by atoms with Gasteiger partial charge in [0.05, 0.1) is 12.3 Å². The Hall–Kier alpha value is -2.00. The fraction of sp³-hybridized carbons (Fsp3) is 0.467. The van der Waals surface area contributed by atoms with E-state index >= 15 is 0 Å². The van der Waals surface area contributed by atoms with Gasteiger partial charge in [0.25, 0.3) is 0 Å². The van der Waals surface area contributed by atoms with Crippen LogP contribution in [0.5, 0.6) is 5.75 Å². The van der Waals surface area contributed by atoms with Gasteiger partial charge >= 0.3 is 12.3 Å². The van der Waals surface area contributed by atoms with Gasteiger partial charge in [-0.05, 0) is 24.6 Å². The van der Waals surface area contributed by atoms with E-state index in [1.807, 2.05) is 0 Å². The van der Waals surface area contributed by atoms with Crippen molar-refractivity contribution in [2.75, 3.05) is 13.2 Å². The number of halogens is 4. The molecule has 10 heteroatoms. The van der Waals surface area contributed by atoms with Crippen LogP contribution < -0.4 is 10.5 Å². The fourth-order valence-corrected chi connectivity index (χ4v) is 2.38. The van der Waals surface area contributed by atoms with Crippen LogP contribution in [0, 0.1) is 0 Å². The summed E-state index contributed by atoms with van der Waals surface area (Å²) in [5.41, 5.74) is 4.97. The maximum atomic E-state index is 12.3. The molecule has 0 bridgehead atoms. The molecule has 1 aromatic rings. The number of benzene rings is 1. The van der Waals surface area contributed by atoms with Crippen molar-refractivity contribution in [2.24, 2.45) is 10.9 Å². The zero-order valence-corrected chi connectivity index (χ0v) is 14.2. The van der Waals surface area contributed by atoms with Gasteiger partial charge < -0.3 is 20.0 Å². The number of nitrogens with two attached hydrogens (primary N) is 1. The van der Waals surface area contributed by atoms with Crippen molar-refractivity contribution in [3.8, 4) is 5.75 Å². The van der Waals surface area contributed by atoms with Crippen molar-refractivity contribution >= 4 is 24.1 Å². The molecule has 1 heterocycles. The zero-order chi connectivity index (χ0) is 17.8. The Kier molecular flexibility index (Phi) is 7.06. The summed E-state index contributed by atoms with van der Waals surface area (Å²) in [6.45, 7) is 1.89. The van der Waals surface area contributed by atoms with Gasteiger partial charge in [0, 0.05) is 19.4 Å². The van der Waals surface area contributed by atoms with Gasteiger partial charge in [0.2, 0.25) is 5.60 Å². The highest BCUT2D eigenvalue weighted by atomic mass is 35.5. The number of oxime groups is 1. The molecule has 0 spiro atoms. The molecule has 1 aromatic carbocycles. The van der Waals surface area contributed by atoms with Crippen molar-refractivity contribution in [3.63, 3.8) is 0 Å². The Morgan fingerprint density at radius 3 is 2.72 bits per heavy atom. The van der Waals surface area contributed by atoms with Gasteiger partial charge in [-0.2, -0.15) is 0 Å². The number of carbonyl (C=O) groups excluding carboxylic acids is 1. The summed E-state index contributed by atoms with van der Waals surface area (Å²) in [5, 5.41) is 3.77. The van der Waals surface area contributed by atoms with Gasteiger partial charge in [0.1, 0.15) is 5.75 Å². The number of ether oxygens (including phenoxy) is 2. The number of rotatable bonds is 6. The van der Waals surface area contributed by atoms with Crippen LogP contribution in [-0.4, -0.2) is 36.8 Å². The standard InChI is InChI=1S/C15H17F3N2O4.ClH/c1-2-22-13(21)14(8-11(9-19)20-24-14)7-10-4-3-5-12(6-10)23-15(16,17)18;/h3-6H,2,7-9,19H2,1H3;1H. The minimum absolute atomic E-state index is 0. The van der Waals surface area contributed by atoms with Crippen LogP contribution >= 0.6 is 12.4 Å². The number of carbonyl (C=O) groups is 1. The SMILES string of the molecule is CCOC(=O)C1(Cc2cccc(OC(F)(F)F)c2)CC(CN)=NO1.Cl. The first-order valence-electron chi connectivity index (χ1n) is 7.24. The maximum absolute atomic E-state index is 12.3. The number of alkyl halides is 3. The smallest absolute Gasteiger partial charge is 0.463 e. The average Bonchev–Trinajstić information content (AvgIpc) is 2.91. The molecule has 0 saturated carbocycles. The summed E-state index contributed by atoms with van der Waals surface area (Å²) in [7, 11) is 0. The predicted octanol–water partition coefficient (Wildman–Crippen LogP) is 2.59. The van der Waals surface area contributed by atoms with Crippen LogP contribution in [0.15, 0.2) is 29.4 Å². The van der Waals surface area contributed by atoms with Gasteiger partial charge in [-0.3, -0.25) is 0 Å². The molecule has 1 aliphatic heterocycles. The van der Waals surface area contributed by atoms with Crippen molar-refractivity contribution in [2.45, 2.75) is 31.7 Å². The normalized spacial score (nSPS) is 19.5. The Labute approximate surface area is 148 Å². The van der Waals surface area contributed by atoms with Crippen molar-refractivity contribution in [1.29, 1.82) is 0 Å². The summed E-state index contributed by atoms with van der Waals surface area (Å²) >= 11 is 0. The highest BCUT2D eigenvalue weighted by Crippen LogP contribution is 2.31. The first-order chi connectivity index (χ1) is 11.3. The lowest BCUT2D eigenvalue weighted by molar-refractivity contribution is -0.274. The second-order valence-corrected chi connectivity index (χ2v) is 5.22. The monoisotopic (exact) mass is 382 g/mol. The Morgan fingerprint density at radius 2 is 2.16 bits per heavy atom. The van der Waals surface area contributed by atoms with Crippen LogP contribution in [0.2, 0.25) is 0 Å². The van der Waals surface area contributed by atoms with E-state index in [1.54, 1.807) is 13.0 Å². The van der Waals surface area contributed by atoms with Crippen molar-refractivity contribution in [1.82, 2.24) is 0 Å². The van der Waals surface area contributed by atoms with E-state index in [0.29, 0.717) is 11.3 Å². The molecule has 0 fully saturated rings. The van der Waals surface area contributed by atoms with Gasteiger partial charge in [-0.1, -0.05) is 17.3 Å². The van der Waals surface area contributed by atoms with E-state index < -0.39 is 17.9 Å². The molecule has 0 aromatic heterocycles. The molecule has 1 atom stereocenters. The third kappa shape index (κ3) is 5.50. The number of esters is 1. The summed E-state index contributed by atoms with van der Waals surface area (Å²) < 4.78 is 45.9. The topological polar surface area (TPSA) is 83.1 Å². The first kappa shape index (κ1) is 21.0. The van der Waals surface area contributed by atoms with Crippen LogP contribution in [0.3, 0.4) is 0 Å². The van der Waals surface area contributed by atoms with Crippen LogP contribution in [0.25, 0.3) is 0 Å². The Balaban J connectivity index is 0.00000312. The van der Waals surface area contributed by atoms with E-state index in [0.717, 1.165) is 0 Å². The van der Waals surface area contributed by atoms with Crippen molar-refractivity contribution in [3.05, 3.63) is 29.8 Å². The van der Waals surface area contributed by atoms with E-state index in [4.69, 9.17) is 15.3 Å².